The fourth-order valence-corrected chi connectivity index (χ4v) is 27.1. The highest BCUT2D eigenvalue weighted by Crippen LogP contribution is 2.67. The highest BCUT2D eigenvalue weighted by atomic mass is 79.9. The molecule has 18 heterocycles. The van der Waals surface area contributed by atoms with Crippen molar-refractivity contribution in [1.29, 1.82) is 1.28 Å². The number of rotatable bonds is 21. The number of methoxy groups -OCH3 is 3. The molecule has 4 saturated carbocycles. The van der Waals surface area contributed by atoms with E-state index in [2.05, 4.69) is 108 Å². The van der Waals surface area contributed by atoms with Gasteiger partial charge in [-0.15, -0.1) is 0 Å². The quantitative estimate of drug-likeness (QED) is 0.0417. The van der Waals surface area contributed by atoms with Crippen LogP contribution in [0.5, 0.6) is 0 Å². The maximum absolute atomic E-state index is 11.9. The van der Waals surface area contributed by atoms with Gasteiger partial charge in [-0.05, 0) is 214 Å². The van der Waals surface area contributed by atoms with Gasteiger partial charge in [-0.1, -0.05) is 87.2 Å². The van der Waals surface area contributed by atoms with Crippen LogP contribution in [0.4, 0.5) is 0 Å². The third-order valence-corrected chi connectivity index (χ3v) is 34.3. The Balaban J connectivity index is 0.000000156. The van der Waals surface area contributed by atoms with E-state index in [-0.39, 0.29) is 115 Å². The summed E-state index contributed by atoms with van der Waals surface area (Å²) in [6.07, 6.45) is 18.1. The molecule has 0 amide bonds. The van der Waals surface area contributed by atoms with Gasteiger partial charge in [-0.25, -0.2) is 39.1 Å². The molecular formula is C85H141Br2O25P2S+. The third kappa shape index (κ3) is 16.2. The first-order chi connectivity index (χ1) is 55.3. The van der Waals surface area contributed by atoms with Gasteiger partial charge in [-0.2, -0.15) is 0 Å². The van der Waals surface area contributed by atoms with E-state index in [1.807, 2.05) is 27.7 Å². The van der Waals surface area contributed by atoms with Crippen LogP contribution in [-0.4, -0.2) is 194 Å². The number of aliphatic hydroxyl groups excluding tert-OH is 3. The molecule has 0 aromatic carbocycles. The lowest BCUT2D eigenvalue weighted by molar-refractivity contribution is -0.571. The average molecular weight is 1820 g/mol. The Kier molecular flexibility index (Phi) is 27.8. The predicted octanol–water partition coefficient (Wildman–Crippen LogP) is 15.3. The van der Waals surface area contributed by atoms with Gasteiger partial charge in [-0.3, -0.25) is 0 Å². The number of fused-ring (bicyclic) bond motifs is 10. The second kappa shape index (κ2) is 35.9. The summed E-state index contributed by atoms with van der Waals surface area (Å²) in [5, 5.41) is 35.1. The molecule has 115 heavy (non-hydrogen) atoms. The molecule has 0 aromatic rings. The molecule has 0 radical (unpaired) electrons. The zero-order chi connectivity index (χ0) is 82.7. The zero-order valence-electron chi connectivity index (χ0n) is 72.0. The van der Waals surface area contributed by atoms with Crippen molar-refractivity contribution in [2.45, 2.75) is 356 Å². The van der Waals surface area contributed by atoms with Crippen molar-refractivity contribution in [2.24, 2.45) is 118 Å². The van der Waals surface area contributed by atoms with Gasteiger partial charge >= 0.3 is 1.28 Å². The molecule has 4 spiro atoms. The highest BCUT2D eigenvalue weighted by Gasteiger charge is 2.75. The Hall–Kier alpha value is 0.910. The van der Waals surface area contributed by atoms with Crippen LogP contribution in [0.1, 0.15) is 237 Å². The monoisotopic (exact) mass is 1820 g/mol. The highest BCUT2D eigenvalue weighted by molar-refractivity contribution is 9.09. The normalized spacial score (nSPS) is 52.4. The second-order valence-electron chi connectivity index (χ2n) is 39.5. The van der Waals surface area contributed by atoms with Gasteiger partial charge in [0.05, 0.1) is 58.8 Å². The van der Waals surface area contributed by atoms with Crippen LogP contribution in [0.25, 0.3) is 0 Å². The first kappa shape index (κ1) is 89.3. The molecule has 0 aromatic heterocycles. The van der Waals surface area contributed by atoms with Gasteiger partial charge < -0.3 is 81.6 Å². The molecule has 38 atom stereocenters. The Bertz CT molecular complexity index is 3130. The topological polar surface area (TPSA) is 264 Å². The van der Waals surface area contributed by atoms with E-state index in [9.17, 15) is 15.3 Å². The molecule has 30 heteroatoms. The maximum Gasteiger partial charge on any atom is 0.355 e. The average Bonchev–Trinajstić information content (AvgIpc) is 1.32. The van der Waals surface area contributed by atoms with E-state index in [0.29, 0.717) is 68.0 Å². The molecule has 660 valence electrons. The second-order valence-corrected chi connectivity index (χ2v) is 43.8. The Morgan fingerprint density at radius 3 is 1.06 bits per heavy atom. The summed E-state index contributed by atoms with van der Waals surface area (Å²) in [7, 11) is 6.92. The lowest BCUT2D eigenvalue weighted by Crippen LogP contribution is -2.71. The standard InChI is InChI=1S/C41H63BrO11.C37H60O11.C7H15BrO3.H2P2S/c1-22-8-10-30-24(3)32(45-35-40(30)28(22)12-15-37(5,48-35)50-52-40)18-26-20-43-39(14-7-17-42)44-21-27(34(26)47-39)19-33-25(4)31-11-9-23(2)29-13-16-38(6)49-36(46-33)41(29,31)53-51-38;1-19-7-9-27-21(3)29(41-32-36(27)25(19)11-13-34(5,43-32)45-47-36)15-23(17-38)31(40)24(18-39)16-30-22(4)28-10-8-20(2)26-12-14-35(6)44-33(42-30)37(26,28)48-46-35;1-9-7(10-2,11-3)5-4-6-8;1-2-3/h22-36H,7-21H2,1-6H3;19-33,38-40H,7-18H2,1-6H3;4-6H2,1-3H3;1H2/p+1/t22-,23-,24-,25-,26?,27?,28+,29+,30+,31+,32-,33-,34?,35-,36-,37+,38+,39?,40-,41-;19-,20-,21-,22-,23?,24?,25+,26+,27+,28+,29-,30-,31?,32-,33-,34+,35+,36-,37-;;/m11../s1/i/hT. The SMILES string of the molecule is COC(CCCBr)(OC)OC.C[C@H]1[C@@H](CC(CO)C(O)C(CO)C[C@H]2O[C@@H]3O[C@]4(C)CC[C@H]5[C@H](C)CC[C@@H]([C@H]2C)[C@@]35OO4)O[C@@H]2O[C@]3(C)CC[C@H]4[C@H](C)CC[C@@H]1[C@@]24OO3.C[C@H]1[C@@H](CC2COC3(CCCBr)OCC(C[C@H]4O[C@@H]5O[C@]6(C)CC[C@H]7[C@H](C)CC[C@@H]([C@H]4C)[C@@]57OO6)C2O3)O[C@@H]2O[C@]3(C)CC[C@H]4[C@H](C)CC[C@@H]1[C@@]24OO3.[3H][P+](P)=S. The van der Waals surface area contributed by atoms with E-state index in [0.717, 1.165) is 133 Å². The number of alkyl halides is 2. The third-order valence-electron chi connectivity index (χ3n) is 33.2. The summed E-state index contributed by atoms with van der Waals surface area (Å²) in [5.74, 6) is -0.979. The van der Waals surface area contributed by atoms with Crippen molar-refractivity contribution >= 4 is 59.6 Å². The number of ether oxygens (including phenoxy) is 14. The van der Waals surface area contributed by atoms with Gasteiger partial charge in [0, 0.05) is 131 Å². The predicted molar refractivity (Wildman–Crippen MR) is 435 cm³/mol. The number of hydrogen-bond acceptors (Lipinski definition) is 26. The Morgan fingerprint density at radius 1 is 0.461 bits per heavy atom. The van der Waals surface area contributed by atoms with Gasteiger partial charge in [0.2, 0.25) is 23.1 Å². The Morgan fingerprint density at radius 2 is 0.765 bits per heavy atom. The van der Waals surface area contributed by atoms with Crippen LogP contribution in [-0.2, 0) is 117 Å². The van der Waals surface area contributed by atoms with E-state index >= 15 is 0 Å². The summed E-state index contributed by atoms with van der Waals surface area (Å²) in [6, 6.07) is 0. The van der Waals surface area contributed by atoms with Crippen molar-refractivity contribution in [2.75, 3.05) is 58.4 Å². The van der Waals surface area contributed by atoms with Crippen molar-refractivity contribution in [1.82, 2.24) is 0 Å². The van der Waals surface area contributed by atoms with Crippen LogP contribution in [0, 0.1) is 118 Å². The van der Waals surface area contributed by atoms with Crippen molar-refractivity contribution < 1.29 is 121 Å². The van der Waals surface area contributed by atoms with Gasteiger partial charge in [0.1, 0.15) is 0 Å². The summed E-state index contributed by atoms with van der Waals surface area (Å²) in [6.45, 7) is 26.2. The van der Waals surface area contributed by atoms with Crippen LogP contribution < -0.4 is 0 Å². The molecule has 18 saturated heterocycles. The van der Waals surface area contributed by atoms with Crippen molar-refractivity contribution in [3.8, 4) is 0 Å². The molecule has 4 aliphatic carbocycles. The molecule has 18 aliphatic heterocycles. The molecular weight excluding hydrogens is 1670 g/mol. The van der Waals surface area contributed by atoms with Gasteiger partial charge in [0.25, 0.3) is 11.9 Å². The molecule has 22 aliphatic rings. The van der Waals surface area contributed by atoms with E-state index in [4.69, 9.17) is 107 Å². The smallest absolute Gasteiger partial charge is 0.355 e. The van der Waals surface area contributed by atoms with Crippen molar-refractivity contribution in [3.05, 3.63) is 0 Å². The number of hydrogen-bond donors (Lipinski definition) is 3. The minimum Gasteiger partial charge on any atom is -0.396 e. The zero-order valence-corrected chi connectivity index (χ0v) is 77.1. The lowest BCUT2D eigenvalue weighted by atomic mass is 9.57. The summed E-state index contributed by atoms with van der Waals surface area (Å²) in [5.41, 5.74) is -2.44. The van der Waals surface area contributed by atoms with Crippen LogP contribution >= 0.6 is 47.8 Å². The van der Waals surface area contributed by atoms with Crippen LogP contribution in [0.3, 0.4) is 0 Å². The van der Waals surface area contributed by atoms with Gasteiger partial charge in [0.15, 0.2) is 66.4 Å². The van der Waals surface area contributed by atoms with Crippen LogP contribution in [0.15, 0.2) is 0 Å². The minimum atomic E-state index is -1.01. The fraction of sp³-hybridized carbons (Fsp3) is 1.00. The molecule has 22 fully saturated rings. The summed E-state index contributed by atoms with van der Waals surface area (Å²) < 4.78 is 96.2. The van der Waals surface area contributed by atoms with Crippen LogP contribution in [0.2, 0.25) is 0 Å². The molecule has 25 nitrogen and oxygen atoms in total. The lowest BCUT2D eigenvalue weighted by Gasteiger charge is -2.61. The molecule has 10 bridgehead atoms. The summed E-state index contributed by atoms with van der Waals surface area (Å²) >= 11 is 11.3. The number of halogens is 2. The first-order valence-corrected chi connectivity index (χ1v) is 50.2. The van der Waals surface area contributed by atoms with Crippen molar-refractivity contribution in [3.63, 3.8) is 0 Å². The molecule has 6 unspecified atom stereocenters. The fourth-order valence-electron chi connectivity index (χ4n) is 26.5. The van der Waals surface area contributed by atoms with E-state index < -0.39 is 108 Å². The number of aliphatic hydroxyl groups is 3. The molecule has 3 N–H and O–H groups in total. The first-order valence-electron chi connectivity index (χ1n) is 44.9. The largest absolute Gasteiger partial charge is 0.396 e. The van der Waals surface area contributed by atoms with E-state index in [1.54, 1.807) is 21.3 Å². The maximum atomic E-state index is 11.9. The Labute approximate surface area is 710 Å². The van der Waals surface area contributed by atoms with E-state index in [1.165, 1.54) is 12.8 Å². The molecule has 22 rings (SSSR count). The minimum absolute atomic E-state index is 0.0225. The summed E-state index contributed by atoms with van der Waals surface area (Å²) in [4.78, 5) is 49.7.